The number of carbonyl (C=O) groups is 2. The highest BCUT2D eigenvalue weighted by molar-refractivity contribution is 5.85. The molecule has 2 N–H and O–H groups in total. The third-order valence-corrected chi connectivity index (χ3v) is 13.8. The number of hydrogen-bond acceptors (Lipinski definition) is 6. The first-order valence-electron chi connectivity index (χ1n) is 23.1. The Bertz CT molecular complexity index is 2240. The van der Waals surface area contributed by atoms with E-state index in [0.29, 0.717) is 0 Å². The molecule has 0 radical (unpaired) electrons. The molecule has 6 heterocycles. The van der Waals surface area contributed by atoms with Crippen molar-refractivity contribution in [2.24, 2.45) is 0 Å². The van der Waals surface area contributed by atoms with E-state index in [4.69, 9.17) is 9.97 Å². The Hall–Kier alpha value is -5.84. The Morgan fingerprint density at radius 3 is 1.21 bits per heavy atom. The van der Waals surface area contributed by atoms with Gasteiger partial charge in [-0.05, 0) is 111 Å². The quantitative estimate of drug-likeness (QED) is 0.135. The van der Waals surface area contributed by atoms with Crippen molar-refractivity contribution in [1.82, 2.24) is 39.5 Å². The summed E-state index contributed by atoms with van der Waals surface area (Å²) in [6.45, 7) is 5.33. The zero-order valence-corrected chi connectivity index (χ0v) is 35.7. The molecule has 4 saturated heterocycles. The summed E-state index contributed by atoms with van der Waals surface area (Å²) in [4.78, 5) is 54.7. The van der Waals surface area contributed by atoms with Gasteiger partial charge in [0.1, 0.15) is 23.7 Å². The van der Waals surface area contributed by atoms with Gasteiger partial charge < -0.3 is 19.8 Å². The Morgan fingerprint density at radius 2 is 0.823 bits per heavy atom. The molecular weight excluding hydrogens is 769 g/mol. The molecule has 10 nitrogen and oxygen atoms in total. The zero-order valence-electron chi connectivity index (χ0n) is 35.7. The lowest BCUT2D eigenvalue weighted by Crippen LogP contribution is -2.44. The monoisotopic (exact) mass is 826 g/mol. The van der Waals surface area contributed by atoms with Crippen LogP contribution in [0.5, 0.6) is 0 Å². The average molecular weight is 827 g/mol. The number of nitrogens with one attached hydrogen (secondary N) is 2. The standard InChI is InChI=1S/C52H58N8O2/c61-51(47(41-15-5-1-6-16-41)57-29-9-3-10-30-57)59-33-13-19-45(59)49-53-35-43(55-49)39-25-21-37(22-26-39)38-23-27-40(28-24-38)44-36-54-50(56-44)46-20-14-34-60(46)52(62)48(42-17-7-2-8-18-42)58-31-11-4-12-32-58/h1-2,5-8,15-18,21-28,35-36,45-48H,3-4,9-14,19-20,29-34H2,(H,53,55)(H,54,56). The van der Waals surface area contributed by atoms with Gasteiger partial charge in [-0.15, -0.1) is 0 Å². The number of benzene rings is 4. The van der Waals surface area contributed by atoms with Crippen LogP contribution < -0.4 is 0 Å². The SMILES string of the molecule is O=C(C(c1ccccc1)N1CCCCC1)N1CCCC1c1ncc(-c2ccc(-c3ccc(-c4cnc(C5CCCN5C(=O)C(c5ccccc5)N5CCCCC5)[nH]4)cc3)cc2)[nH]1. The van der Waals surface area contributed by atoms with E-state index in [1.165, 1.54) is 12.8 Å². The fourth-order valence-electron chi connectivity index (χ4n) is 10.6. The van der Waals surface area contributed by atoms with Crippen LogP contribution in [0, 0.1) is 0 Å². The van der Waals surface area contributed by atoms with Gasteiger partial charge in [0.2, 0.25) is 11.8 Å². The zero-order chi connectivity index (χ0) is 41.8. The highest BCUT2D eigenvalue weighted by Crippen LogP contribution is 2.39. The third kappa shape index (κ3) is 8.26. The molecule has 4 unspecified atom stereocenters. The number of likely N-dealkylation sites (tertiary alicyclic amines) is 4. The molecule has 4 aromatic carbocycles. The van der Waals surface area contributed by atoms with E-state index < -0.39 is 0 Å². The van der Waals surface area contributed by atoms with Crippen LogP contribution in [0.4, 0.5) is 0 Å². The molecule has 4 fully saturated rings. The van der Waals surface area contributed by atoms with Gasteiger partial charge >= 0.3 is 0 Å². The van der Waals surface area contributed by atoms with Crippen LogP contribution in [-0.4, -0.2) is 90.6 Å². The van der Waals surface area contributed by atoms with Crippen LogP contribution in [0.3, 0.4) is 0 Å². The summed E-state index contributed by atoms with van der Waals surface area (Å²) < 4.78 is 0. The number of aromatic amines is 2. The molecule has 2 aromatic heterocycles. The molecular formula is C52H58N8O2. The third-order valence-electron chi connectivity index (χ3n) is 13.8. The van der Waals surface area contributed by atoms with E-state index in [2.05, 4.69) is 102 Å². The molecule has 0 aliphatic carbocycles. The fraction of sp³-hybridized carbons (Fsp3) is 0.385. The van der Waals surface area contributed by atoms with E-state index in [-0.39, 0.29) is 36.0 Å². The number of nitrogens with zero attached hydrogens (tertiary/aromatic N) is 6. The Kier molecular flexibility index (Phi) is 11.8. The number of rotatable bonds is 11. The van der Waals surface area contributed by atoms with Crippen molar-refractivity contribution in [3.05, 3.63) is 144 Å². The van der Waals surface area contributed by atoms with E-state index in [9.17, 15) is 9.59 Å². The number of aromatic nitrogens is 4. The second-order valence-corrected chi connectivity index (χ2v) is 17.7. The van der Waals surface area contributed by atoms with Crippen molar-refractivity contribution in [3.63, 3.8) is 0 Å². The number of hydrogen-bond donors (Lipinski definition) is 2. The minimum atomic E-state index is -0.257. The van der Waals surface area contributed by atoms with E-state index in [1.807, 2.05) is 48.8 Å². The topological polar surface area (TPSA) is 104 Å². The maximum atomic E-state index is 14.4. The first-order valence-corrected chi connectivity index (χ1v) is 23.1. The molecule has 4 atom stereocenters. The number of amides is 2. The first-order chi connectivity index (χ1) is 30.6. The highest BCUT2D eigenvalue weighted by Gasteiger charge is 2.40. The molecule has 4 aliphatic heterocycles. The van der Waals surface area contributed by atoms with Crippen molar-refractivity contribution in [1.29, 1.82) is 0 Å². The van der Waals surface area contributed by atoms with E-state index in [1.54, 1.807) is 0 Å². The van der Waals surface area contributed by atoms with Gasteiger partial charge in [-0.25, -0.2) is 9.97 Å². The van der Waals surface area contributed by atoms with Gasteiger partial charge in [-0.2, -0.15) is 0 Å². The number of piperidine rings is 2. The van der Waals surface area contributed by atoms with Crippen LogP contribution in [0.1, 0.15) is 111 Å². The maximum absolute atomic E-state index is 14.4. The molecule has 2 amide bonds. The Morgan fingerprint density at radius 1 is 0.452 bits per heavy atom. The Labute approximate surface area is 365 Å². The minimum absolute atomic E-state index is 0.0629. The average Bonchev–Trinajstić information content (AvgIpc) is 4.19. The van der Waals surface area contributed by atoms with Crippen LogP contribution in [-0.2, 0) is 9.59 Å². The molecule has 10 rings (SSSR count). The van der Waals surface area contributed by atoms with Crippen molar-refractivity contribution >= 4 is 11.8 Å². The number of imidazole rings is 2. The Balaban J connectivity index is 0.804. The van der Waals surface area contributed by atoms with Crippen molar-refractivity contribution in [3.8, 4) is 33.6 Å². The van der Waals surface area contributed by atoms with Gasteiger partial charge in [0.05, 0.1) is 35.9 Å². The smallest absolute Gasteiger partial charge is 0.245 e. The molecule has 4 aliphatic rings. The molecule has 10 heteroatoms. The van der Waals surface area contributed by atoms with E-state index in [0.717, 1.165) is 147 Å². The molecule has 318 valence electrons. The number of H-pyrrole nitrogens is 2. The van der Waals surface area contributed by atoms with Crippen molar-refractivity contribution in [2.75, 3.05) is 39.3 Å². The van der Waals surface area contributed by atoms with Crippen LogP contribution in [0.2, 0.25) is 0 Å². The second kappa shape index (κ2) is 18.2. The maximum Gasteiger partial charge on any atom is 0.245 e. The summed E-state index contributed by atoms with van der Waals surface area (Å²) in [7, 11) is 0. The normalized spacial score (nSPS) is 21.0. The van der Waals surface area contributed by atoms with Crippen LogP contribution in [0.15, 0.2) is 122 Å². The molecule has 62 heavy (non-hydrogen) atoms. The fourth-order valence-corrected chi connectivity index (χ4v) is 10.6. The second-order valence-electron chi connectivity index (χ2n) is 17.7. The summed E-state index contributed by atoms with van der Waals surface area (Å²) in [5.41, 5.74) is 8.45. The lowest BCUT2D eigenvalue weighted by molar-refractivity contribution is -0.139. The summed E-state index contributed by atoms with van der Waals surface area (Å²) in [5, 5.41) is 0. The lowest BCUT2D eigenvalue weighted by atomic mass is 10.00. The van der Waals surface area contributed by atoms with Gasteiger partial charge in [0, 0.05) is 13.1 Å². The van der Waals surface area contributed by atoms with Crippen LogP contribution >= 0.6 is 0 Å². The molecule has 0 saturated carbocycles. The molecule has 0 spiro atoms. The summed E-state index contributed by atoms with van der Waals surface area (Å²) >= 11 is 0. The summed E-state index contributed by atoms with van der Waals surface area (Å²) in [5.74, 6) is 2.10. The largest absolute Gasteiger partial charge is 0.340 e. The molecule has 6 aromatic rings. The van der Waals surface area contributed by atoms with Gasteiger partial charge in [-0.3, -0.25) is 19.4 Å². The molecule has 0 bridgehead atoms. The highest BCUT2D eigenvalue weighted by atomic mass is 16.2. The van der Waals surface area contributed by atoms with Gasteiger partial charge in [0.15, 0.2) is 0 Å². The summed E-state index contributed by atoms with van der Waals surface area (Å²) in [6.07, 6.45) is 14.6. The lowest BCUT2D eigenvalue weighted by Gasteiger charge is -2.37. The van der Waals surface area contributed by atoms with Crippen LogP contribution in [0.25, 0.3) is 33.6 Å². The first kappa shape index (κ1) is 40.2. The van der Waals surface area contributed by atoms with Gasteiger partial charge in [-0.1, -0.05) is 122 Å². The summed E-state index contributed by atoms with van der Waals surface area (Å²) in [6, 6.07) is 37.2. The minimum Gasteiger partial charge on any atom is -0.340 e. The number of carbonyl (C=O) groups excluding carboxylic acids is 2. The van der Waals surface area contributed by atoms with Gasteiger partial charge in [0.25, 0.3) is 0 Å². The predicted octanol–water partition coefficient (Wildman–Crippen LogP) is 9.92. The predicted molar refractivity (Wildman–Crippen MR) is 244 cm³/mol. The van der Waals surface area contributed by atoms with Crippen molar-refractivity contribution < 1.29 is 9.59 Å². The van der Waals surface area contributed by atoms with E-state index >= 15 is 0 Å². The van der Waals surface area contributed by atoms with Crippen molar-refractivity contribution in [2.45, 2.75) is 88.4 Å².